The Labute approximate surface area is 117 Å². The maximum absolute atomic E-state index is 12.0. The minimum absolute atomic E-state index is 0.0280. The molecule has 0 radical (unpaired) electrons. The van der Waals surface area contributed by atoms with Gasteiger partial charge in [0.2, 0.25) is 0 Å². The van der Waals surface area contributed by atoms with Crippen LogP contribution in [0.5, 0.6) is 0 Å². The number of nitrogens with one attached hydrogen (secondary N) is 1. The molecule has 19 heavy (non-hydrogen) atoms. The Kier molecular flexibility index (Phi) is 3.91. The molecule has 1 heterocycles. The first-order valence-corrected chi connectivity index (χ1v) is 6.11. The predicted molar refractivity (Wildman–Crippen MR) is 73.3 cm³/mol. The molecule has 0 fully saturated rings. The van der Waals surface area contributed by atoms with Crippen LogP contribution in [0.25, 0.3) is 0 Å². The summed E-state index contributed by atoms with van der Waals surface area (Å²) in [6.45, 7) is 0. The molecule has 0 unspecified atom stereocenters. The molecule has 0 bridgehead atoms. The van der Waals surface area contributed by atoms with Gasteiger partial charge in [-0.15, -0.1) is 0 Å². The Balaban J connectivity index is 2.23. The Morgan fingerprint density at radius 1 is 1.16 bits per heavy atom. The molecular weight excluding hydrogens is 312 g/mol. The summed E-state index contributed by atoms with van der Waals surface area (Å²) in [4.78, 5) is 26.5. The number of rotatable bonds is 3. The van der Waals surface area contributed by atoms with Crippen LogP contribution in [0, 0.1) is 0 Å². The van der Waals surface area contributed by atoms with Crippen molar-refractivity contribution in [2.24, 2.45) is 0 Å². The number of carboxylic acid groups (broad SMARTS) is 1. The van der Waals surface area contributed by atoms with E-state index in [-0.39, 0.29) is 11.1 Å². The summed E-state index contributed by atoms with van der Waals surface area (Å²) >= 11 is 3.31. The van der Waals surface area contributed by atoms with Crippen LogP contribution in [0.15, 0.2) is 47.2 Å². The Morgan fingerprint density at radius 3 is 2.53 bits per heavy atom. The summed E-state index contributed by atoms with van der Waals surface area (Å²) in [5, 5.41) is 11.5. The van der Waals surface area contributed by atoms with Crippen molar-refractivity contribution in [2.75, 3.05) is 5.32 Å². The Bertz CT molecular complexity index is 643. The highest BCUT2D eigenvalue weighted by atomic mass is 79.9. The van der Waals surface area contributed by atoms with Gasteiger partial charge in [0.25, 0.3) is 5.91 Å². The highest BCUT2D eigenvalue weighted by molar-refractivity contribution is 9.10. The number of aromatic carboxylic acids is 1. The lowest BCUT2D eigenvalue weighted by Gasteiger charge is -2.07. The first-order chi connectivity index (χ1) is 9.08. The van der Waals surface area contributed by atoms with Gasteiger partial charge in [0.05, 0.1) is 16.8 Å². The van der Waals surface area contributed by atoms with E-state index in [1.54, 1.807) is 18.2 Å². The highest BCUT2D eigenvalue weighted by Gasteiger charge is 2.11. The summed E-state index contributed by atoms with van der Waals surface area (Å²) in [5.74, 6) is -1.54. The molecule has 0 aliphatic rings. The number of benzene rings is 1. The molecule has 0 spiro atoms. The fraction of sp³-hybridized carbons (Fsp3) is 0. The molecule has 5 nitrogen and oxygen atoms in total. The molecule has 0 aliphatic carbocycles. The molecule has 2 aromatic rings. The average molecular weight is 321 g/mol. The van der Waals surface area contributed by atoms with Gasteiger partial charge in [0.1, 0.15) is 0 Å². The van der Waals surface area contributed by atoms with Crippen molar-refractivity contribution < 1.29 is 14.7 Å². The molecular formula is C13H9BrN2O3. The van der Waals surface area contributed by atoms with Gasteiger partial charge in [-0.25, -0.2) is 4.79 Å². The SMILES string of the molecule is O=C(O)c1cncc(C(=O)Nc2ccccc2Br)c1. The quantitative estimate of drug-likeness (QED) is 0.911. The number of halogens is 1. The minimum atomic E-state index is -1.12. The first kappa shape index (κ1) is 13.2. The standard InChI is InChI=1S/C13H9BrN2O3/c14-10-3-1-2-4-11(10)16-12(17)8-5-9(13(18)19)7-15-6-8/h1-7H,(H,16,17)(H,18,19). The minimum Gasteiger partial charge on any atom is -0.478 e. The maximum Gasteiger partial charge on any atom is 0.337 e. The lowest BCUT2D eigenvalue weighted by atomic mass is 10.2. The lowest BCUT2D eigenvalue weighted by molar-refractivity contribution is 0.0696. The van der Waals surface area contributed by atoms with Crippen molar-refractivity contribution in [1.29, 1.82) is 0 Å². The molecule has 0 atom stereocenters. The van der Waals surface area contributed by atoms with E-state index in [0.717, 1.165) is 4.47 Å². The number of carbonyl (C=O) groups is 2. The second kappa shape index (κ2) is 5.62. The van der Waals surface area contributed by atoms with Gasteiger partial charge in [0, 0.05) is 16.9 Å². The van der Waals surface area contributed by atoms with Gasteiger partial charge >= 0.3 is 5.97 Å². The number of amides is 1. The summed E-state index contributed by atoms with van der Waals surface area (Å²) in [6, 6.07) is 8.41. The number of anilines is 1. The first-order valence-electron chi connectivity index (χ1n) is 5.32. The molecule has 1 aromatic heterocycles. The summed E-state index contributed by atoms with van der Waals surface area (Å²) < 4.78 is 0.741. The van der Waals surface area contributed by atoms with E-state index in [2.05, 4.69) is 26.2 Å². The molecule has 0 aliphatic heterocycles. The predicted octanol–water partition coefficient (Wildman–Crippen LogP) is 2.79. The molecule has 2 N–H and O–H groups in total. The zero-order chi connectivity index (χ0) is 13.8. The largest absolute Gasteiger partial charge is 0.478 e. The second-order valence-corrected chi connectivity index (χ2v) is 4.56. The molecule has 96 valence electrons. The van der Waals surface area contributed by atoms with Crippen LogP contribution in [0.3, 0.4) is 0 Å². The summed E-state index contributed by atoms with van der Waals surface area (Å²) in [7, 11) is 0. The van der Waals surface area contributed by atoms with E-state index in [1.165, 1.54) is 18.5 Å². The van der Waals surface area contributed by atoms with Crippen molar-refractivity contribution in [3.8, 4) is 0 Å². The number of aromatic nitrogens is 1. The number of hydrogen-bond donors (Lipinski definition) is 2. The van der Waals surface area contributed by atoms with Crippen molar-refractivity contribution in [1.82, 2.24) is 4.98 Å². The number of pyridine rings is 1. The third kappa shape index (κ3) is 3.17. The fourth-order valence-electron chi connectivity index (χ4n) is 1.44. The Morgan fingerprint density at radius 2 is 1.84 bits per heavy atom. The van der Waals surface area contributed by atoms with Crippen LogP contribution < -0.4 is 5.32 Å². The van der Waals surface area contributed by atoms with Crippen molar-refractivity contribution >= 4 is 33.5 Å². The number of hydrogen-bond acceptors (Lipinski definition) is 3. The van der Waals surface area contributed by atoms with E-state index in [4.69, 9.17) is 5.11 Å². The van der Waals surface area contributed by atoms with E-state index < -0.39 is 11.9 Å². The van der Waals surface area contributed by atoms with Gasteiger partial charge in [0.15, 0.2) is 0 Å². The fourth-order valence-corrected chi connectivity index (χ4v) is 1.82. The van der Waals surface area contributed by atoms with Crippen molar-refractivity contribution in [3.05, 3.63) is 58.3 Å². The smallest absolute Gasteiger partial charge is 0.337 e. The zero-order valence-corrected chi connectivity index (χ0v) is 11.2. The van der Waals surface area contributed by atoms with Gasteiger partial charge in [-0.3, -0.25) is 9.78 Å². The number of carbonyl (C=O) groups excluding carboxylic acids is 1. The van der Waals surface area contributed by atoms with Crippen molar-refractivity contribution in [3.63, 3.8) is 0 Å². The topological polar surface area (TPSA) is 79.3 Å². The van der Waals surface area contributed by atoms with Crippen LogP contribution in [0.2, 0.25) is 0 Å². The molecule has 1 aromatic carbocycles. The Hall–Kier alpha value is -2.21. The normalized spacial score (nSPS) is 9.95. The second-order valence-electron chi connectivity index (χ2n) is 3.70. The number of nitrogens with zero attached hydrogens (tertiary/aromatic N) is 1. The average Bonchev–Trinajstić information content (AvgIpc) is 2.41. The third-order valence-corrected chi connectivity index (χ3v) is 3.06. The molecule has 1 amide bonds. The number of para-hydroxylation sites is 1. The van der Waals surface area contributed by atoms with E-state index >= 15 is 0 Å². The summed E-state index contributed by atoms with van der Waals surface area (Å²) in [6.07, 6.45) is 2.51. The van der Waals surface area contributed by atoms with Gasteiger partial charge in [-0.05, 0) is 34.1 Å². The van der Waals surface area contributed by atoms with Gasteiger partial charge in [-0.1, -0.05) is 12.1 Å². The zero-order valence-electron chi connectivity index (χ0n) is 9.63. The van der Waals surface area contributed by atoms with Crippen LogP contribution in [0.1, 0.15) is 20.7 Å². The third-order valence-electron chi connectivity index (χ3n) is 2.37. The molecule has 0 saturated heterocycles. The van der Waals surface area contributed by atoms with Crippen LogP contribution in [-0.4, -0.2) is 22.0 Å². The monoisotopic (exact) mass is 320 g/mol. The molecule has 2 rings (SSSR count). The maximum atomic E-state index is 12.0. The van der Waals surface area contributed by atoms with Crippen molar-refractivity contribution in [2.45, 2.75) is 0 Å². The number of carboxylic acids is 1. The van der Waals surface area contributed by atoms with Crippen LogP contribution in [-0.2, 0) is 0 Å². The van der Waals surface area contributed by atoms with Crippen LogP contribution in [0.4, 0.5) is 5.69 Å². The van der Waals surface area contributed by atoms with E-state index in [1.807, 2.05) is 6.07 Å². The summed E-state index contributed by atoms with van der Waals surface area (Å²) in [5.41, 5.74) is 0.767. The lowest BCUT2D eigenvalue weighted by Crippen LogP contribution is -2.13. The van der Waals surface area contributed by atoms with Gasteiger partial charge in [-0.2, -0.15) is 0 Å². The van der Waals surface area contributed by atoms with Gasteiger partial charge < -0.3 is 10.4 Å². The molecule has 0 saturated carbocycles. The van der Waals surface area contributed by atoms with E-state index in [9.17, 15) is 9.59 Å². The van der Waals surface area contributed by atoms with E-state index in [0.29, 0.717) is 5.69 Å². The highest BCUT2D eigenvalue weighted by Crippen LogP contribution is 2.21. The molecule has 6 heteroatoms. The van der Waals surface area contributed by atoms with Crippen LogP contribution >= 0.6 is 15.9 Å².